The zero-order valence-electron chi connectivity index (χ0n) is 17.6. The zero-order chi connectivity index (χ0) is 20.4. The molecule has 0 saturated carbocycles. The summed E-state index contributed by atoms with van der Waals surface area (Å²) < 4.78 is 23.6. The zero-order valence-corrected chi connectivity index (χ0v) is 18.6. The first-order valence-electron chi connectivity index (χ1n) is 9.00. The molecule has 0 saturated heterocycles. The quantitative estimate of drug-likeness (QED) is 0.472. The van der Waals surface area contributed by atoms with Crippen LogP contribution in [0.15, 0.2) is 28.7 Å². The summed E-state index contributed by atoms with van der Waals surface area (Å²) in [4.78, 5) is 0. The van der Waals surface area contributed by atoms with Gasteiger partial charge in [0, 0.05) is 11.1 Å². The third-order valence-corrected chi connectivity index (χ3v) is 9.67. The van der Waals surface area contributed by atoms with E-state index in [4.69, 9.17) is 24.7 Å². The fraction of sp³-hybridized carbons (Fsp3) is 0.455. The van der Waals surface area contributed by atoms with Crippen molar-refractivity contribution < 1.29 is 18.3 Å². The van der Waals surface area contributed by atoms with Crippen LogP contribution in [0.4, 0.5) is 0 Å². The van der Waals surface area contributed by atoms with Crippen molar-refractivity contribution in [2.45, 2.75) is 51.9 Å². The van der Waals surface area contributed by atoms with Gasteiger partial charge in [-0.25, -0.2) is 0 Å². The van der Waals surface area contributed by atoms with Crippen molar-refractivity contribution in [3.05, 3.63) is 46.9 Å². The van der Waals surface area contributed by atoms with Gasteiger partial charge in [0.2, 0.25) is 0 Å². The number of methoxy groups -OCH3 is 2. The van der Waals surface area contributed by atoms with Gasteiger partial charge in [-0.3, -0.25) is 0 Å². The van der Waals surface area contributed by atoms with Crippen molar-refractivity contribution >= 4 is 8.32 Å². The van der Waals surface area contributed by atoms with Crippen molar-refractivity contribution in [3.8, 4) is 23.8 Å². The van der Waals surface area contributed by atoms with Crippen LogP contribution in [0.3, 0.4) is 0 Å². The molecule has 1 heterocycles. The van der Waals surface area contributed by atoms with E-state index >= 15 is 0 Å². The maximum atomic E-state index is 6.76. The van der Waals surface area contributed by atoms with Gasteiger partial charge < -0.3 is 18.3 Å². The molecule has 146 valence electrons. The number of terminal acetylenes is 1. The summed E-state index contributed by atoms with van der Waals surface area (Å²) in [5.74, 6) is 5.53. The molecule has 1 aromatic heterocycles. The van der Waals surface area contributed by atoms with E-state index in [-0.39, 0.29) is 5.04 Å². The van der Waals surface area contributed by atoms with E-state index in [1.54, 1.807) is 14.2 Å². The summed E-state index contributed by atoms with van der Waals surface area (Å²) in [6.07, 6.45) is 5.40. The highest BCUT2D eigenvalue weighted by Crippen LogP contribution is 2.44. The lowest BCUT2D eigenvalue weighted by molar-refractivity contribution is 0.191. The second kappa shape index (κ2) is 7.83. The van der Waals surface area contributed by atoms with Gasteiger partial charge in [0.25, 0.3) is 0 Å². The molecule has 0 aliphatic heterocycles. The summed E-state index contributed by atoms with van der Waals surface area (Å²) in [6.45, 7) is 13.0. The second-order valence-electron chi connectivity index (χ2n) is 8.15. The molecule has 0 spiro atoms. The summed E-state index contributed by atoms with van der Waals surface area (Å²) in [7, 11) is 1.09. The Labute approximate surface area is 164 Å². The fourth-order valence-electron chi connectivity index (χ4n) is 2.58. The molecule has 1 atom stereocenters. The molecule has 2 aromatic rings. The number of ether oxygens (including phenoxy) is 2. The van der Waals surface area contributed by atoms with Crippen LogP contribution in [0.2, 0.25) is 18.1 Å². The van der Waals surface area contributed by atoms with Crippen molar-refractivity contribution in [1.82, 2.24) is 0 Å². The van der Waals surface area contributed by atoms with E-state index in [0.717, 1.165) is 17.1 Å². The molecular formula is C22H30O4Si. The van der Waals surface area contributed by atoms with Crippen LogP contribution in [0.25, 0.3) is 0 Å². The Morgan fingerprint density at radius 2 is 1.67 bits per heavy atom. The lowest BCUT2D eigenvalue weighted by Crippen LogP contribution is -2.42. The molecule has 0 amide bonds. The molecule has 0 aliphatic rings. The number of aryl methyl sites for hydroxylation is 1. The largest absolute Gasteiger partial charge is 0.493 e. The van der Waals surface area contributed by atoms with E-state index in [9.17, 15) is 0 Å². The molecule has 0 fully saturated rings. The average Bonchev–Trinajstić information content (AvgIpc) is 3.03. The van der Waals surface area contributed by atoms with Crippen LogP contribution in [-0.4, -0.2) is 22.5 Å². The maximum absolute atomic E-state index is 6.76. The summed E-state index contributed by atoms with van der Waals surface area (Å²) >= 11 is 0. The van der Waals surface area contributed by atoms with Gasteiger partial charge in [0.15, 0.2) is 19.8 Å². The van der Waals surface area contributed by atoms with Crippen molar-refractivity contribution in [2.24, 2.45) is 0 Å². The second-order valence-corrected chi connectivity index (χ2v) is 12.9. The Balaban J connectivity index is 2.66. The summed E-state index contributed by atoms with van der Waals surface area (Å²) in [5.41, 5.74) is 1.54. The van der Waals surface area contributed by atoms with Gasteiger partial charge in [-0.1, -0.05) is 26.7 Å². The van der Waals surface area contributed by atoms with Crippen molar-refractivity contribution in [1.29, 1.82) is 0 Å². The van der Waals surface area contributed by atoms with Gasteiger partial charge in [0.1, 0.15) is 17.6 Å². The predicted molar refractivity (Wildman–Crippen MR) is 111 cm³/mol. The monoisotopic (exact) mass is 386 g/mol. The minimum Gasteiger partial charge on any atom is -0.493 e. The molecule has 0 radical (unpaired) electrons. The molecule has 2 rings (SSSR count). The van der Waals surface area contributed by atoms with E-state index in [2.05, 4.69) is 39.8 Å². The Kier molecular flexibility index (Phi) is 6.13. The van der Waals surface area contributed by atoms with E-state index in [1.807, 2.05) is 31.2 Å². The number of furan rings is 1. The highest BCUT2D eigenvalue weighted by molar-refractivity contribution is 6.74. The Morgan fingerprint density at radius 3 is 2.11 bits per heavy atom. The number of benzene rings is 1. The third-order valence-electron chi connectivity index (χ3n) is 5.23. The first kappa shape index (κ1) is 21.1. The maximum Gasteiger partial charge on any atom is 0.193 e. The van der Waals surface area contributed by atoms with Crippen LogP contribution in [0, 0.1) is 19.3 Å². The van der Waals surface area contributed by atoms with E-state index < -0.39 is 14.4 Å². The molecule has 0 bridgehead atoms. The highest BCUT2D eigenvalue weighted by Gasteiger charge is 2.41. The van der Waals surface area contributed by atoms with Gasteiger partial charge in [-0.05, 0) is 49.3 Å². The van der Waals surface area contributed by atoms with Crippen molar-refractivity contribution in [2.75, 3.05) is 14.2 Å². The Bertz CT molecular complexity index is 837. The summed E-state index contributed by atoms with van der Waals surface area (Å²) in [6, 6.07) is 7.59. The van der Waals surface area contributed by atoms with Crippen LogP contribution in [0.1, 0.15) is 49.5 Å². The number of hydrogen-bond acceptors (Lipinski definition) is 4. The van der Waals surface area contributed by atoms with Crippen LogP contribution >= 0.6 is 0 Å². The van der Waals surface area contributed by atoms with E-state index in [0.29, 0.717) is 17.1 Å². The lowest BCUT2D eigenvalue weighted by Gasteiger charge is -2.39. The van der Waals surface area contributed by atoms with Gasteiger partial charge in [-0.15, -0.1) is 6.42 Å². The molecule has 1 unspecified atom stereocenters. The summed E-state index contributed by atoms with van der Waals surface area (Å²) in [5, 5.41) is 0.0414. The minimum atomic E-state index is -2.11. The standard InChI is InChI=1S/C22H30O4Si/c1-10-16-13-19(23-6)20(24-7)14-17(16)21(18-12-11-15(2)25-18)26-27(8,9)22(3,4)5/h1,11-14,21H,2-9H3. The van der Waals surface area contributed by atoms with Crippen LogP contribution < -0.4 is 9.47 Å². The highest BCUT2D eigenvalue weighted by atomic mass is 28.4. The average molecular weight is 387 g/mol. The minimum absolute atomic E-state index is 0.0414. The SMILES string of the molecule is C#Cc1cc(OC)c(OC)cc1C(O[Si](C)(C)C(C)(C)C)c1ccc(C)o1. The van der Waals surface area contributed by atoms with E-state index in [1.165, 1.54) is 0 Å². The Hall–Kier alpha value is -2.16. The topological polar surface area (TPSA) is 40.8 Å². The van der Waals surface area contributed by atoms with Gasteiger partial charge in [0.05, 0.1) is 14.2 Å². The van der Waals surface area contributed by atoms with Crippen LogP contribution in [0.5, 0.6) is 11.5 Å². The van der Waals surface area contributed by atoms with Gasteiger partial charge in [-0.2, -0.15) is 0 Å². The van der Waals surface area contributed by atoms with Gasteiger partial charge >= 0.3 is 0 Å². The molecule has 5 heteroatoms. The first-order valence-corrected chi connectivity index (χ1v) is 11.9. The number of hydrogen-bond donors (Lipinski definition) is 0. The smallest absolute Gasteiger partial charge is 0.193 e. The van der Waals surface area contributed by atoms with Crippen LogP contribution in [-0.2, 0) is 4.43 Å². The van der Waals surface area contributed by atoms with Crippen molar-refractivity contribution in [3.63, 3.8) is 0 Å². The lowest BCUT2D eigenvalue weighted by atomic mass is 10.00. The third kappa shape index (κ3) is 4.40. The normalized spacial score (nSPS) is 13.1. The number of rotatable bonds is 6. The Morgan fingerprint density at radius 1 is 1.07 bits per heavy atom. The predicted octanol–water partition coefficient (Wildman–Crippen LogP) is 5.70. The molecule has 4 nitrogen and oxygen atoms in total. The molecule has 27 heavy (non-hydrogen) atoms. The molecule has 0 aliphatic carbocycles. The molecule has 0 N–H and O–H groups in total. The molecule has 1 aromatic carbocycles. The molecular weight excluding hydrogens is 356 g/mol. The first-order chi connectivity index (χ1) is 12.5. The fourth-order valence-corrected chi connectivity index (χ4v) is 3.76.